The first-order valence-corrected chi connectivity index (χ1v) is 9.22. The van der Waals surface area contributed by atoms with Crippen LogP contribution in [0.3, 0.4) is 0 Å². The zero-order valence-electron chi connectivity index (χ0n) is 15.9. The van der Waals surface area contributed by atoms with Crippen molar-refractivity contribution in [2.75, 3.05) is 26.6 Å². The summed E-state index contributed by atoms with van der Waals surface area (Å²) in [6.07, 6.45) is 0. The average molecular weight is 457 g/mol. The first-order chi connectivity index (χ1) is 14.0. The molecular weight excluding hydrogens is 440 g/mol. The molecule has 0 saturated heterocycles. The maximum atomic E-state index is 12.9. The highest BCUT2D eigenvalue weighted by Gasteiger charge is 2.24. The molecule has 3 aromatic rings. The van der Waals surface area contributed by atoms with Crippen LogP contribution >= 0.6 is 15.9 Å². The lowest BCUT2D eigenvalue weighted by atomic mass is 10.1. The molecule has 0 atom stereocenters. The van der Waals surface area contributed by atoms with Gasteiger partial charge >= 0.3 is 0 Å². The van der Waals surface area contributed by atoms with Crippen molar-refractivity contribution in [3.05, 3.63) is 58.1 Å². The largest absolute Gasteiger partial charge is 0.493 e. The van der Waals surface area contributed by atoms with Gasteiger partial charge in [0.25, 0.3) is 5.91 Å². The minimum Gasteiger partial charge on any atom is -0.493 e. The lowest BCUT2D eigenvalue weighted by Crippen LogP contribution is -2.14. The fraction of sp³-hybridized carbons (Fsp3) is 0.143. The van der Waals surface area contributed by atoms with Gasteiger partial charge in [0.05, 0.1) is 31.4 Å². The highest BCUT2D eigenvalue weighted by atomic mass is 79.9. The lowest BCUT2D eigenvalue weighted by molar-refractivity contribution is 0.102. The number of carbonyl (C=O) groups is 1. The Kier molecular flexibility index (Phi) is 6.10. The number of nitriles is 1. The first kappa shape index (κ1) is 20.3. The van der Waals surface area contributed by atoms with Crippen LogP contribution in [0.25, 0.3) is 11.3 Å². The van der Waals surface area contributed by atoms with Gasteiger partial charge < -0.3 is 18.6 Å². The van der Waals surface area contributed by atoms with Crippen LogP contribution in [0.5, 0.6) is 17.2 Å². The van der Waals surface area contributed by atoms with E-state index in [-0.39, 0.29) is 17.0 Å². The van der Waals surface area contributed by atoms with Crippen LogP contribution in [0.1, 0.15) is 15.9 Å². The molecule has 0 aliphatic heterocycles. The third kappa shape index (κ3) is 3.91. The van der Waals surface area contributed by atoms with Gasteiger partial charge in [0.1, 0.15) is 17.4 Å². The van der Waals surface area contributed by atoms with Gasteiger partial charge in [-0.05, 0) is 22.0 Å². The molecule has 0 spiro atoms. The molecule has 1 aromatic heterocycles. The third-order valence-corrected chi connectivity index (χ3v) is 4.94. The van der Waals surface area contributed by atoms with Crippen LogP contribution in [-0.4, -0.2) is 27.2 Å². The Labute approximate surface area is 175 Å². The van der Waals surface area contributed by atoms with Crippen LogP contribution in [0, 0.1) is 11.3 Å². The molecular formula is C21H17BrN2O5. The molecule has 148 valence electrons. The summed E-state index contributed by atoms with van der Waals surface area (Å²) in [4.78, 5) is 12.9. The molecule has 1 amide bonds. The number of methoxy groups -OCH3 is 3. The van der Waals surface area contributed by atoms with E-state index < -0.39 is 5.91 Å². The number of rotatable bonds is 6. The second-order valence-corrected chi connectivity index (χ2v) is 6.59. The van der Waals surface area contributed by atoms with E-state index in [0.29, 0.717) is 27.5 Å². The Morgan fingerprint density at radius 3 is 2.34 bits per heavy atom. The number of anilines is 1. The van der Waals surface area contributed by atoms with Crippen molar-refractivity contribution >= 4 is 27.7 Å². The zero-order valence-corrected chi connectivity index (χ0v) is 17.5. The van der Waals surface area contributed by atoms with E-state index in [1.54, 1.807) is 6.07 Å². The molecule has 2 aromatic carbocycles. The normalized spacial score (nSPS) is 10.2. The molecule has 0 radical (unpaired) electrons. The predicted molar refractivity (Wildman–Crippen MR) is 111 cm³/mol. The van der Waals surface area contributed by atoms with Crippen molar-refractivity contribution in [3.63, 3.8) is 0 Å². The second-order valence-electron chi connectivity index (χ2n) is 5.79. The molecule has 1 heterocycles. The van der Waals surface area contributed by atoms with Crippen molar-refractivity contribution in [2.45, 2.75) is 0 Å². The average Bonchev–Trinajstić information content (AvgIpc) is 3.16. The van der Waals surface area contributed by atoms with Gasteiger partial charge in [0, 0.05) is 11.6 Å². The number of nitrogens with one attached hydrogen (secondary N) is 1. The van der Waals surface area contributed by atoms with E-state index in [0.717, 1.165) is 5.56 Å². The van der Waals surface area contributed by atoms with E-state index in [2.05, 4.69) is 21.2 Å². The Morgan fingerprint density at radius 1 is 1.07 bits per heavy atom. The van der Waals surface area contributed by atoms with Crippen LogP contribution in [-0.2, 0) is 0 Å². The highest BCUT2D eigenvalue weighted by Crippen LogP contribution is 2.45. The monoisotopic (exact) mass is 456 g/mol. The predicted octanol–water partition coefficient (Wildman–Crippen LogP) is 4.86. The van der Waals surface area contributed by atoms with Gasteiger partial charge in [-0.15, -0.1) is 0 Å². The minimum atomic E-state index is -0.512. The van der Waals surface area contributed by atoms with E-state index in [1.165, 1.54) is 27.4 Å². The molecule has 29 heavy (non-hydrogen) atoms. The Bertz CT molecular complexity index is 1090. The molecule has 0 aliphatic rings. The molecule has 0 unspecified atom stereocenters. The second kappa shape index (κ2) is 8.71. The van der Waals surface area contributed by atoms with Crippen molar-refractivity contribution in [3.8, 4) is 34.6 Å². The summed E-state index contributed by atoms with van der Waals surface area (Å²) in [6, 6.07) is 14.4. The Morgan fingerprint density at radius 2 is 1.76 bits per heavy atom. The Hall–Kier alpha value is -3.44. The van der Waals surface area contributed by atoms with Crippen molar-refractivity contribution in [1.82, 2.24) is 0 Å². The van der Waals surface area contributed by atoms with E-state index >= 15 is 0 Å². The molecule has 0 bridgehead atoms. The van der Waals surface area contributed by atoms with Crippen molar-refractivity contribution in [1.29, 1.82) is 5.26 Å². The topological polar surface area (TPSA) is 93.7 Å². The van der Waals surface area contributed by atoms with Gasteiger partial charge in [-0.25, -0.2) is 0 Å². The molecule has 0 saturated carbocycles. The quantitative estimate of drug-likeness (QED) is 0.569. The number of furan rings is 1. The first-order valence-electron chi connectivity index (χ1n) is 8.43. The van der Waals surface area contributed by atoms with Crippen molar-refractivity contribution in [2.24, 2.45) is 0 Å². The molecule has 3 rings (SSSR count). The van der Waals surface area contributed by atoms with Crippen molar-refractivity contribution < 1.29 is 23.4 Å². The smallest absolute Gasteiger partial charge is 0.259 e. The molecule has 0 aliphatic carbocycles. The number of benzene rings is 2. The minimum absolute atomic E-state index is 0.0528. The molecule has 8 heteroatoms. The van der Waals surface area contributed by atoms with Crippen LogP contribution in [0.15, 0.2) is 51.4 Å². The maximum Gasteiger partial charge on any atom is 0.259 e. The van der Waals surface area contributed by atoms with Gasteiger partial charge in [0.2, 0.25) is 11.6 Å². The summed E-state index contributed by atoms with van der Waals surface area (Å²) in [5.41, 5.74) is 1.22. The standard InChI is InChI=1S/C21H17BrN2O5/c1-26-16-10-14(17(22)19(28-3)18(16)27-2)20(25)24-21-13(11-23)9-15(29-21)12-7-5-4-6-8-12/h4-10H,1-3H3,(H,24,25). The molecule has 7 nitrogen and oxygen atoms in total. The van der Waals surface area contributed by atoms with Gasteiger partial charge in [-0.2, -0.15) is 5.26 Å². The van der Waals surface area contributed by atoms with Gasteiger partial charge in [0.15, 0.2) is 11.5 Å². The number of carbonyl (C=O) groups excluding carboxylic acids is 1. The Balaban J connectivity index is 1.99. The zero-order chi connectivity index (χ0) is 21.0. The number of hydrogen-bond donors (Lipinski definition) is 1. The third-order valence-electron chi connectivity index (χ3n) is 4.15. The summed E-state index contributed by atoms with van der Waals surface area (Å²) >= 11 is 3.37. The summed E-state index contributed by atoms with van der Waals surface area (Å²) in [6.45, 7) is 0. The summed E-state index contributed by atoms with van der Waals surface area (Å²) in [7, 11) is 4.38. The van der Waals surface area contributed by atoms with Crippen LogP contribution in [0.4, 0.5) is 5.88 Å². The SMILES string of the molecule is COc1cc(C(=O)Nc2oc(-c3ccccc3)cc2C#N)c(Br)c(OC)c1OC. The number of ether oxygens (including phenoxy) is 3. The number of hydrogen-bond acceptors (Lipinski definition) is 6. The van der Waals surface area contributed by atoms with Crippen LogP contribution < -0.4 is 19.5 Å². The number of amides is 1. The van der Waals surface area contributed by atoms with E-state index in [4.69, 9.17) is 18.6 Å². The summed E-state index contributed by atoms with van der Waals surface area (Å²) < 4.78 is 22.1. The number of halogens is 1. The number of nitrogens with zero attached hydrogens (tertiary/aromatic N) is 1. The molecule has 0 fully saturated rings. The fourth-order valence-electron chi connectivity index (χ4n) is 2.77. The fourth-order valence-corrected chi connectivity index (χ4v) is 3.40. The molecule has 1 N–H and O–H groups in total. The van der Waals surface area contributed by atoms with E-state index in [9.17, 15) is 10.1 Å². The summed E-state index contributed by atoms with van der Waals surface area (Å²) in [5.74, 6) is 0.991. The lowest BCUT2D eigenvalue weighted by Gasteiger charge is -2.16. The maximum absolute atomic E-state index is 12.9. The highest BCUT2D eigenvalue weighted by molar-refractivity contribution is 9.10. The van der Waals surface area contributed by atoms with E-state index in [1.807, 2.05) is 36.4 Å². The van der Waals surface area contributed by atoms with Crippen LogP contribution in [0.2, 0.25) is 0 Å². The van der Waals surface area contributed by atoms with Gasteiger partial charge in [-0.3, -0.25) is 10.1 Å². The van der Waals surface area contributed by atoms with Gasteiger partial charge in [-0.1, -0.05) is 30.3 Å². The summed E-state index contributed by atoms with van der Waals surface area (Å²) in [5, 5.41) is 12.1.